The van der Waals surface area contributed by atoms with Crippen LogP contribution in [0.3, 0.4) is 0 Å². The molecule has 2 saturated heterocycles. The summed E-state index contributed by atoms with van der Waals surface area (Å²) in [6.45, 7) is 4.85. The quantitative estimate of drug-likeness (QED) is 0.723. The van der Waals surface area contributed by atoms with E-state index in [0.29, 0.717) is 38.7 Å². The molecule has 0 aromatic heterocycles. The molecule has 5 nitrogen and oxygen atoms in total. The van der Waals surface area contributed by atoms with Gasteiger partial charge < -0.3 is 4.74 Å². The lowest BCUT2D eigenvalue weighted by atomic mass is 10.0. The Hall–Kier alpha value is 0.120. The highest BCUT2D eigenvalue weighted by Gasteiger charge is 2.36. The van der Waals surface area contributed by atoms with Gasteiger partial charge in [-0.05, 0) is 38.5 Å². The second-order valence-electron chi connectivity index (χ2n) is 5.61. The maximum atomic E-state index is 12.7. The average molecular weight is 325 g/mol. The minimum absolute atomic E-state index is 0.0390. The molecular formula is C13H25ClN2O3S. The van der Waals surface area contributed by atoms with E-state index in [1.807, 2.05) is 6.92 Å². The average Bonchev–Trinajstić information content (AvgIpc) is 2.48. The Morgan fingerprint density at radius 2 is 1.80 bits per heavy atom. The Bertz CT molecular complexity index is 402. The molecular weight excluding hydrogens is 300 g/mol. The molecule has 118 valence electrons. The molecule has 0 radical (unpaired) electrons. The lowest BCUT2D eigenvalue weighted by Crippen LogP contribution is -2.52. The molecule has 0 aliphatic carbocycles. The van der Waals surface area contributed by atoms with Crippen LogP contribution < -0.4 is 0 Å². The van der Waals surface area contributed by atoms with E-state index in [1.165, 1.54) is 0 Å². The van der Waals surface area contributed by atoms with Crippen LogP contribution in [0.1, 0.15) is 32.6 Å². The minimum Gasteiger partial charge on any atom is -0.377 e. The van der Waals surface area contributed by atoms with Crippen LogP contribution >= 0.6 is 11.6 Å². The Morgan fingerprint density at radius 1 is 1.15 bits per heavy atom. The first-order chi connectivity index (χ1) is 9.57. The van der Waals surface area contributed by atoms with Crippen molar-refractivity contribution in [2.45, 2.75) is 38.7 Å². The Morgan fingerprint density at radius 3 is 2.45 bits per heavy atom. The summed E-state index contributed by atoms with van der Waals surface area (Å²) in [6.07, 6.45) is 3.79. The fraction of sp³-hybridized carbons (Fsp3) is 1.00. The first kappa shape index (κ1) is 16.5. The summed E-state index contributed by atoms with van der Waals surface area (Å²) < 4.78 is 34.2. The molecule has 0 saturated carbocycles. The maximum absolute atomic E-state index is 12.7. The summed E-state index contributed by atoms with van der Waals surface area (Å²) in [4.78, 5) is 0. The second kappa shape index (κ2) is 7.40. The molecule has 2 fully saturated rings. The summed E-state index contributed by atoms with van der Waals surface area (Å²) in [5.74, 6) is 0.820. The zero-order valence-corrected chi connectivity index (χ0v) is 13.7. The van der Waals surface area contributed by atoms with Crippen molar-refractivity contribution < 1.29 is 13.2 Å². The first-order valence-corrected chi connectivity index (χ1v) is 9.43. The molecule has 0 amide bonds. The molecule has 0 N–H and O–H groups in total. The number of rotatable bonds is 5. The largest absolute Gasteiger partial charge is 0.377 e. The fourth-order valence-electron chi connectivity index (χ4n) is 3.01. The smallest absolute Gasteiger partial charge is 0.282 e. The van der Waals surface area contributed by atoms with E-state index < -0.39 is 10.2 Å². The van der Waals surface area contributed by atoms with E-state index >= 15 is 0 Å². The van der Waals surface area contributed by atoms with Crippen LogP contribution in [0.15, 0.2) is 0 Å². The third-order valence-electron chi connectivity index (χ3n) is 4.10. The van der Waals surface area contributed by atoms with Gasteiger partial charge in [-0.2, -0.15) is 17.0 Å². The van der Waals surface area contributed by atoms with Crippen molar-refractivity contribution in [3.05, 3.63) is 0 Å². The van der Waals surface area contributed by atoms with Crippen LogP contribution in [0, 0.1) is 5.92 Å². The van der Waals surface area contributed by atoms with Crippen molar-refractivity contribution in [1.29, 1.82) is 0 Å². The third kappa shape index (κ3) is 3.85. The third-order valence-corrected chi connectivity index (χ3v) is 6.50. The van der Waals surface area contributed by atoms with Crippen LogP contribution in [0.25, 0.3) is 0 Å². The summed E-state index contributed by atoms with van der Waals surface area (Å²) in [7, 11) is -3.35. The van der Waals surface area contributed by atoms with Crippen LogP contribution in [0.2, 0.25) is 0 Å². The van der Waals surface area contributed by atoms with E-state index in [9.17, 15) is 8.42 Å². The van der Waals surface area contributed by atoms with Gasteiger partial charge >= 0.3 is 0 Å². The van der Waals surface area contributed by atoms with E-state index in [2.05, 4.69) is 0 Å². The van der Waals surface area contributed by atoms with Gasteiger partial charge in [0, 0.05) is 38.7 Å². The lowest BCUT2D eigenvalue weighted by molar-refractivity contribution is 0.0248. The minimum atomic E-state index is -3.35. The number of hydrogen-bond acceptors (Lipinski definition) is 3. The molecule has 0 bridgehead atoms. The highest BCUT2D eigenvalue weighted by Crippen LogP contribution is 2.24. The van der Waals surface area contributed by atoms with Gasteiger partial charge in [-0.1, -0.05) is 0 Å². The summed E-state index contributed by atoms with van der Waals surface area (Å²) >= 11 is 5.89. The van der Waals surface area contributed by atoms with Crippen molar-refractivity contribution in [2.24, 2.45) is 5.92 Å². The number of alkyl halides is 1. The predicted octanol–water partition coefficient (Wildman–Crippen LogP) is 1.68. The fourth-order valence-corrected chi connectivity index (χ4v) is 5.06. The molecule has 20 heavy (non-hydrogen) atoms. The van der Waals surface area contributed by atoms with E-state index in [0.717, 1.165) is 25.7 Å². The van der Waals surface area contributed by atoms with Crippen LogP contribution in [0.4, 0.5) is 0 Å². The molecule has 2 aliphatic heterocycles. The molecule has 0 aromatic rings. The monoisotopic (exact) mass is 324 g/mol. The van der Waals surface area contributed by atoms with Gasteiger partial charge in [-0.3, -0.25) is 0 Å². The van der Waals surface area contributed by atoms with Crippen molar-refractivity contribution in [3.8, 4) is 0 Å². The van der Waals surface area contributed by atoms with Gasteiger partial charge in [-0.15, -0.1) is 11.6 Å². The van der Waals surface area contributed by atoms with E-state index in [-0.39, 0.29) is 12.0 Å². The van der Waals surface area contributed by atoms with Gasteiger partial charge in [0.25, 0.3) is 10.2 Å². The second-order valence-corrected chi connectivity index (χ2v) is 7.84. The molecule has 0 spiro atoms. The van der Waals surface area contributed by atoms with Crippen LogP contribution in [-0.4, -0.2) is 61.8 Å². The molecule has 2 heterocycles. The van der Waals surface area contributed by atoms with Gasteiger partial charge in [0.05, 0.1) is 6.10 Å². The molecule has 7 heteroatoms. The summed E-state index contributed by atoms with van der Waals surface area (Å²) in [6, 6.07) is 0. The van der Waals surface area contributed by atoms with E-state index in [4.69, 9.17) is 16.3 Å². The highest BCUT2D eigenvalue weighted by molar-refractivity contribution is 7.86. The van der Waals surface area contributed by atoms with Crippen molar-refractivity contribution in [2.75, 3.05) is 38.7 Å². The van der Waals surface area contributed by atoms with Gasteiger partial charge in [0.2, 0.25) is 0 Å². The van der Waals surface area contributed by atoms with Crippen LogP contribution in [0.5, 0.6) is 0 Å². The number of piperidine rings is 2. The van der Waals surface area contributed by atoms with Crippen LogP contribution in [-0.2, 0) is 14.9 Å². The number of hydrogen-bond donors (Lipinski definition) is 0. The zero-order chi connectivity index (χ0) is 14.6. The molecule has 2 aliphatic rings. The van der Waals surface area contributed by atoms with Crippen molar-refractivity contribution in [1.82, 2.24) is 8.61 Å². The standard InChI is InChI=1S/C13H25ClN2O3S/c1-2-19-13-6-4-8-16(11-13)20(17,18)15-7-3-5-12(9-14)10-15/h12-13H,2-11H2,1H3. The Labute approximate surface area is 127 Å². The Kier molecular flexibility index (Phi) is 6.10. The molecule has 2 unspecified atom stereocenters. The van der Waals surface area contributed by atoms with Gasteiger partial charge in [-0.25, -0.2) is 0 Å². The summed E-state index contributed by atoms with van der Waals surface area (Å²) in [5.41, 5.74) is 0. The highest BCUT2D eigenvalue weighted by atomic mass is 35.5. The molecule has 0 aromatic carbocycles. The van der Waals surface area contributed by atoms with Gasteiger partial charge in [0.1, 0.15) is 0 Å². The molecule has 2 rings (SSSR count). The topological polar surface area (TPSA) is 49.9 Å². The number of halogens is 1. The normalized spacial score (nSPS) is 30.5. The predicted molar refractivity (Wildman–Crippen MR) is 80.2 cm³/mol. The maximum Gasteiger partial charge on any atom is 0.282 e. The number of ether oxygens (including phenoxy) is 1. The lowest BCUT2D eigenvalue weighted by Gasteiger charge is -2.38. The van der Waals surface area contributed by atoms with Crippen molar-refractivity contribution >= 4 is 21.8 Å². The molecule has 2 atom stereocenters. The number of nitrogens with zero attached hydrogens (tertiary/aromatic N) is 2. The Balaban J connectivity index is 2.01. The van der Waals surface area contributed by atoms with E-state index in [1.54, 1.807) is 8.61 Å². The summed E-state index contributed by atoms with van der Waals surface area (Å²) in [5, 5.41) is 0. The van der Waals surface area contributed by atoms with Crippen molar-refractivity contribution in [3.63, 3.8) is 0 Å². The SMILES string of the molecule is CCOC1CCCN(S(=O)(=O)N2CCCC(CCl)C2)C1. The zero-order valence-electron chi connectivity index (χ0n) is 12.1. The van der Waals surface area contributed by atoms with Gasteiger partial charge in [0.15, 0.2) is 0 Å². The first-order valence-electron chi connectivity index (χ1n) is 7.50.